The lowest BCUT2D eigenvalue weighted by atomic mass is 9.96. The maximum atomic E-state index is 11.9. The summed E-state index contributed by atoms with van der Waals surface area (Å²) in [6, 6.07) is 0. The van der Waals surface area contributed by atoms with Crippen LogP contribution in [-0.2, 0) is 9.47 Å². The summed E-state index contributed by atoms with van der Waals surface area (Å²) in [7, 11) is 2.46. The number of ketones is 2. The van der Waals surface area contributed by atoms with Gasteiger partial charge in [0.2, 0.25) is 0 Å². The molecule has 0 radical (unpaired) electrons. The smallest absolute Gasteiger partial charge is 0.342 e. The van der Waals surface area contributed by atoms with Crippen LogP contribution in [-0.4, -0.2) is 31.8 Å². The second kappa shape index (κ2) is 4.14. The third-order valence-electron chi connectivity index (χ3n) is 2.63. The molecule has 1 aromatic heterocycles. The zero-order chi connectivity index (χ0) is 13.4. The summed E-state index contributed by atoms with van der Waals surface area (Å²) in [5.41, 5.74) is -0.0811. The molecule has 1 aliphatic carbocycles. The van der Waals surface area contributed by atoms with Crippen molar-refractivity contribution in [2.24, 2.45) is 0 Å². The lowest BCUT2D eigenvalue weighted by Gasteiger charge is -2.09. The first kappa shape index (κ1) is 12.1. The van der Waals surface area contributed by atoms with Crippen molar-refractivity contribution < 1.29 is 28.3 Å². The first-order valence-electron chi connectivity index (χ1n) is 5.07. The van der Waals surface area contributed by atoms with Gasteiger partial charge in [0.15, 0.2) is 17.3 Å². The zero-order valence-electron chi connectivity index (χ0n) is 10.0. The lowest BCUT2D eigenvalue weighted by molar-refractivity contribution is 0.0596. The number of rotatable bonds is 2. The second-order valence-electron chi connectivity index (χ2n) is 3.64. The van der Waals surface area contributed by atoms with Gasteiger partial charge in [-0.1, -0.05) is 0 Å². The summed E-state index contributed by atoms with van der Waals surface area (Å²) in [5, 5.41) is 0. The van der Waals surface area contributed by atoms with Crippen molar-refractivity contribution >= 4 is 17.5 Å². The van der Waals surface area contributed by atoms with Gasteiger partial charge in [0.25, 0.3) is 5.78 Å². The third kappa shape index (κ3) is 1.54. The molecule has 0 saturated carbocycles. The number of carbonyl (C=O) groups excluding carboxylic acids is 3. The van der Waals surface area contributed by atoms with Crippen molar-refractivity contribution in [2.75, 3.05) is 14.2 Å². The van der Waals surface area contributed by atoms with Gasteiger partial charge in [-0.3, -0.25) is 9.59 Å². The minimum Gasteiger partial charge on any atom is -0.492 e. The quantitative estimate of drug-likeness (QED) is 0.735. The van der Waals surface area contributed by atoms with Crippen LogP contribution in [0.25, 0.3) is 0 Å². The number of hydrogen-bond acceptors (Lipinski definition) is 6. The van der Waals surface area contributed by atoms with Gasteiger partial charge in [0, 0.05) is 6.08 Å². The largest absolute Gasteiger partial charge is 0.492 e. The van der Waals surface area contributed by atoms with Crippen LogP contribution in [0.2, 0.25) is 0 Å². The van der Waals surface area contributed by atoms with Crippen molar-refractivity contribution in [1.29, 1.82) is 0 Å². The van der Waals surface area contributed by atoms with Gasteiger partial charge in [-0.2, -0.15) is 0 Å². The number of fused-ring (bicyclic) bond motifs is 1. The highest BCUT2D eigenvalue weighted by Gasteiger charge is 2.36. The molecule has 18 heavy (non-hydrogen) atoms. The van der Waals surface area contributed by atoms with E-state index in [2.05, 4.69) is 4.74 Å². The fourth-order valence-corrected chi connectivity index (χ4v) is 1.81. The van der Waals surface area contributed by atoms with Crippen LogP contribution in [0, 0.1) is 6.92 Å². The average Bonchev–Trinajstić information content (AvgIpc) is 2.71. The molecule has 0 saturated heterocycles. The number of allylic oxidation sites excluding steroid dienone is 2. The summed E-state index contributed by atoms with van der Waals surface area (Å²) in [4.78, 5) is 35.3. The molecule has 6 heteroatoms. The molecule has 0 spiro atoms. The molecule has 1 aromatic rings. The van der Waals surface area contributed by atoms with E-state index in [4.69, 9.17) is 9.15 Å². The number of carbonyl (C=O) groups is 3. The number of hydrogen-bond donors (Lipinski definition) is 0. The standard InChI is InChI=1S/C12H10O6/c1-5-8(12(15)17-3)9-6(13)4-7(16-2)10(14)11(9)18-5/h4H,1-3H3. The maximum Gasteiger partial charge on any atom is 0.342 e. The Kier molecular flexibility index (Phi) is 2.78. The topological polar surface area (TPSA) is 82.8 Å². The Morgan fingerprint density at radius 1 is 1.28 bits per heavy atom. The summed E-state index contributed by atoms with van der Waals surface area (Å²) >= 11 is 0. The highest BCUT2D eigenvalue weighted by atomic mass is 16.5. The van der Waals surface area contributed by atoms with E-state index in [1.165, 1.54) is 21.1 Å². The minimum absolute atomic E-state index is 0.0164. The lowest BCUT2D eigenvalue weighted by Crippen LogP contribution is -2.18. The molecule has 0 aromatic carbocycles. The molecular formula is C12H10O6. The number of aryl methyl sites for hydroxylation is 1. The molecule has 6 nitrogen and oxygen atoms in total. The SMILES string of the molecule is COC(=O)c1c(C)oc2c1C(=O)C=C(OC)C2=O. The third-order valence-corrected chi connectivity index (χ3v) is 2.63. The fraction of sp³-hybridized carbons (Fsp3) is 0.250. The Hall–Kier alpha value is -2.37. The fourth-order valence-electron chi connectivity index (χ4n) is 1.81. The van der Waals surface area contributed by atoms with Crippen molar-refractivity contribution in [1.82, 2.24) is 0 Å². The van der Waals surface area contributed by atoms with Gasteiger partial charge < -0.3 is 13.9 Å². The van der Waals surface area contributed by atoms with E-state index >= 15 is 0 Å². The summed E-state index contributed by atoms with van der Waals surface area (Å²) < 4.78 is 14.5. The Morgan fingerprint density at radius 3 is 2.50 bits per heavy atom. The summed E-state index contributed by atoms with van der Waals surface area (Å²) in [6.45, 7) is 1.48. The molecule has 94 valence electrons. The minimum atomic E-state index is -0.715. The number of Topliss-reactive ketones (excluding diaryl/α,β-unsaturated/α-hetero) is 1. The van der Waals surface area contributed by atoms with Gasteiger partial charge in [-0.05, 0) is 6.92 Å². The van der Waals surface area contributed by atoms with Crippen LogP contribution in [0.3, 0.4) is 0 Å². The van der Waals surface area contributed by atoms with Gasteiger partial charge in [-0.15, -0.1) is 0 Å². The first-order valence-corrected chi connectivity index (χ1v) is 5.07. The van der Waals surface area contributed by atoms with E-state index in [1.807, 2.05) is 0 Å². The Labute approximate surface area is 102 Å². The second-order valence-corrected chi connectivity index (χ2v) is 3.64. The molecule has 0 fully saturated rings. The highest BCUT2D eigenvalue weighted by molar-refractivity contribution is 6.25. The molecule has 0 atom stereocenters. The van der Waals surface area contributed by atoms with E-state index in [9.17, 15) is 14.4 Å². The van der Waals surface area contributed by atoms with Gasteiger partial charge in [0.1, 0.15) is 11.3 Å². The average molecular weight is 250 g/mol. The predicted octanol–water partition coefficient (Wildman–Crippen LogP) is 1.28. The van der Waals surface area contributed by atoms with Gasteiger partial charge in [0.05, 0.1) is 19.8 Å². The van der Waals surface area contributed by atoms with Crippen molar-refractivity contribution in [2.45, 2.75) is 6.92 Å². The van der Waals surface area contributed by atoms with Crippen molar-refractivity contribution in [3.8, 4) is 0 Å². The molecule has 2 rings (SSSR count). The van der Waals surface area contributed by atoms with Crippen LogP contribution in [0.1, 0.15) is 37.0 Å². The molecule has 0 bridgehead atoms. The molecule has 1 aliphatic rings. The Morgan fingerprint density at radius 2 is 1.94 bits per heavy atom. The number of furan rings is 1. The molecular weight excluding hydrogens is 240 g/mol. The van der Waals surface area contributed by atoms with Crippen molar-refractivity contribution in [3.63, 3.8) is 0 Å². The van der Waals surface area contributed by atoms with E-state index in [0.717, 1.165) is 6.08 Å². The monoisotopic (exact) mass is 250 g/mol. The van der Waals surface area contributed by atoms with E-state index in [-0.39, 0.29) is 28.4 Å². The van der Waals surface area contributed by atoms with Crippen LogP contribution in [0.4, 0.5) is 0 Å². The Balaban J connectivity index is 2.67. The summed E-state index contributed by atoms with van der Waals surface area (Å²) in [6.07, 6.45) is 1.03. The van der Waals surface area contributed by atoms with Crippen LogP contribution in [0.15, 0.2) is 16.3 Å². The van der Waals surface area contributed by atoms with E-state index < -0.39 is 17.5 Å². The highest BCUT2D eigenvalue weighted by Crippen LogP contribution is 2.29. The van der Waals surface area contributed by atoms with Crippen LogP contribution >= 0.6 is 0 Å². The molecule has 0 aliphatic heterocycles. The van der Waals surface area contributed by atoms with Crippen molar-refractivity contribution in [3.05, 3.63) is 34.5 Å². The molecule has 1 heterocycles. The zero-order valence-corrected chi connectivity index (χ0v) is 10.0. The Bertz CT molecular complexity index is 590. The number of esters is 1. The number of ether oxygens (including phenoxy) is 2. The molecule has 0 N–H and O–H groups in total. The van der Waals surface area contributed by atoms with E-state index in [0.29, 0.717) is 0 Å². The van der Waals surface area contributed by atoms with Crippen LogP contribution < -0.4 is 0 Å². The van der Waals surface area contributed by atoms with Gasteiger partial charge >= 0.3 is 5.97 Å². The predicted molar refractivity (Wildman–Crippen MR) is 58.5 cm³/mol. The van der Waals surface area contributed by atoms with Gasteiger partial charge in [-0.25, -0.2) is 4.79 Å². The summed E-state index contributed by atoms with van der Waals surface area (Å²) in [5.74, 6) is -1.92. The molecule has 0 amide bonds. The van der Waals surface area contributed by atoms with E-state index in [1.54, 1.807) is 0 Å². The number of methoxy groups -OCH3 is 2. The normalized spacial score (nSPS) is 14.1. The first-order chi connectivity index (χ1) is 8.51. The van der Waals surface area contributed by atoms with Crippen LogP contribution in [0.5, 0.6) is 0 Å². The maximum absolute atomic E-state index is 11.9. The molecule has 0 unspecified atom stereocenters.